The quantitative estimate of drug-likeness (QED) is 0.297. The molecule has 4 rings (SSSR count). The van der Waals surface area contributed by atoms with Gasteiger partial charge in [0.05, 0.1) is 23.7 Å². The van der Waals surface area contributed by atoms with E-state index in [1.165, 1.54) is 17.7 Å². The van der Waals surface area contributed by atoms with Gasteiger partial charge in [0.2, 0.25) is 11.8 Å². The Kier molecular flexibility index (Phi) is 9.06. The van der Waals surface area contributed by atoms with Crippen LogP contribution in [0.25, 0.3) is 10.9 Å². The Hall–Kier alpha value is -4.08. The molecule has 4 aromatic rings. The molecule has 202 valence electrons. The molecule has 0 atom stereocenters. The Labute approximate surface area is 233 Å². The van der Waals surface area contributed by atoms with Crippen molar-refractivity contribution in [2.75, 3.05) is 12.4 Å². The van der Waals surface area contributed by atoms with E-state index >= 15 is 0 Å². The Bertz CT molecular complexity index is 1650. The molecule has 0 saturated heterocycles. The minimum Gasteiger partial charge on any atom is -0.495 e. The Morgan fingerprint density at radius 1 is 0.923 bits per heavy atom. The van der Waals surface area contributed by atoms with Gasteiger partial charge in [0.15, 0.2) is 0 Å². The van der Waals surface area contributed by atoms with Crippen molar-refractivity contribution in [1.82, 2.24) is 14.5 Å². The van der Waals surface area contributed by atoms with Gasteiger partial charge in [0.1, 0.15) is 12.3 Å². The number of methoxy groups -OCH3 is 1. The molecule has 11 heteroatoms. The topological polar surface area (TPSA) is 111 Å². The summed E-state index contributed by atoms with van der Waals surface area (Å²) >= 11 is 12.2. The number of anilines is 1. The van der Waals surface area contributed by atoms with Gasteiger partial charge in [0, 0.05) is 29.6 Å². The summed E-state index contributed by atoms with van der Waals surface area (Å²) in [6, 6.07) is 18.5. The molecule has 0 unspecified atom stereocenters. The number of hydrogen-bond donors (Lipinski definition) is 2. The van der Waals surface area contributed by atoms with Crippen LogP contribution in [0.2, 0.25) is 10.0 Å². The molecule has 2 amide bonds. The fraction of sp³-hybridized carbons (Fsp3) is 0.214. The molecule has 0 spiro atoms. The van der Waals surface area contributed by atoms with E-state index in [-0.39, 0.29) is 43.8 Å². The van der Waals surface area contributed by atoms with Crippen LogP contribution in [-0.2, 0) is 29.2 Å². The third kappa shape index (κ3) is 6.68. The highest BCUT2D eigenvalue weighted by Gasteiger charge is 2.17. The van der Waals surface area contributed by atoms with Crippen molar-refractivity contribution in [3.63, 3.8) is 0 Å². The summed E-state index contributed by atoms with van der Waals surface area (Å²) in [6.07, 6.45) is 0.339. The third-order valence-corrected chi connectivity index (χ3v) is 6.69. The van der Waals surface area contributed by atoms with Crippen LogP contribution in [0, 0.1) is 0 Å². The van der Waals surface area contributed by atoms with Gasteiger partial charge in [-0.05, 0) is 48.4 Å². The predicted molar refractivity (Wildman–Crippen MR) is 152 cm³/mol. The lowest BCUT2D eigenvalue weighted by atomic mass is 10.2. The molecule has 0 saturated carbocycles. The summed E-state index contributed by atoms with van der Waals surface area (Å²) in [5.41, 5.74) is 0.330. The smallest absolute Gasteiger partial charge is 0.331 e. The lowest BCUT2D eigenvalue weighted by Crippen LogP contribution is -2.42. The van der Waals surface area contributed by atoms with Crippen LogP contribution >= 0.6 is 23.2 Å². The first-order chi connectivity index (χ1) is 18.8. The highest BCUT2D eigenvalue weighted by atomic mass is 35.5. The van der Waals surface area contributed by atoms with E-state index in [1.54, 1.807) is 48.5 Å². The number of carbonyl (C=O) groups is 2. The molecule has 39 heavy (non-hydrogen) atoms. The van der Waals surface area contributed by atoms with E-state index < -0.39 is 17.2 Å². The van der Waals surface area contributed by atoms with E-state index in [4.69, 9.17) is 27.9 Å². The number of halogens is 2. The number of amides is 2. The molecule has 1 aromatic heterocycles. The Balaban J connectivity index is 1.51. The summed E-state index contributed by atoms with van der Waals surface area (Å²) < 4.78 is 7.55. The summed E-state index contributed by atoms with van der Waals surface area (Å²) in [5, 5.41) is 6.74. The van der Waals surface area contributed by atoms with Crippen molar-refractivity contribution in [1.29, 1.82) is 0 Å². The van der Waals surface area contributed by atoms with Gasteiger partial charge < -0.3 is 15.4 Å². The maximum atomic E-state index is 13.4. The Morgan fingerprint density at radius 3 is 2.44 bits per heavy atom. The minimum absolute atomic E-state index is 0.00570. The second-order valence-corrected chi connectivity index (χ2v) is 9.55. The first-order valence-corrected chi connectivity index (χ1v) is 12.9. The maximum absolute atomic E-state index is 13.4. The highest BCUT2D eigenvalue weighted by Crippen LogP contribution is 2.27. The average molecular weight is 569 g/mol. The molecule has 3 aromatic carbocycles. The lowest BCUT2D eigenvalue weighted by Gasteiger charge is -2.15. The van der Waals surface area contributed by atoms with Gasteiger partial charge >= 0.3 is 5.69 Å². The zero-order chi connectivity index (χ0) is 27.9. The lowest BCUT2D eigenvalue weighted by molar-refractivity contribution is -0.121. The molecular weight excluding hydrogens is 543 g/mol. The number of para-hydroxylation sites is 1. The highest BCUT2D eigenvalue weighted by molar-refractivity contribution is 6.31. The average Bonchev–Trinajstić information content (AvgIpc) is 2.92. The van der Waals surface area contributed by atoms with Crippen LogP contribution in [0.4, 0.5) is 5.69 Å². The van der Waals surface area contributed by atoms with E-state index in [9.17, 15) is 19.2 Å². The number of ether oxygens (including phenoxy) is 1. The number of aromatic nitrogens is 2. The molecule has 0 fully saturated rings. The van der Waals surface area contributed by atoms with E-state index in [1.807, 2.05) is 12.1 Å². The third-order valence-electron chi connectivity index (χ3n) is 6.09. The predicted octanol–water partition coefficient (Wildman–Crippen LogP) is 4.21. The minimum atomic E-state index is -0.650. The van der Waals surface area contributed by atoms with Crippen molar-refractivity contribution in [2.24, 2.45) is 0 Å². The molecule has 9 nitrogen and oxygen atoms in total. The number of rotatable bonds is 10. The molecule has 0 aliphatic rings. The normalized spacial score (nSPS) is 10.8. The molecule has 2 N–H and O–H groups in total. The summed E-state index contributed by atoms with van der Waals surface area (Å²) in [7, 11) is 1.46. The number of hydrogen-bond acceptors (Lipinski definition) is 5. The van der Waals surface area contributed by atoms with E-state index in [2.05, 4.69) is 10.6 Å². The standard InChI is InChI=1S/C28H26Cl2N4O5/c1-39-24-13-12-19(29)15-22(24)32-26(36)17-34-23-10-5-3-8-20(23)27(37)33(28(34)38)14-6-11-25(35)31-16-18-7-2-4-9-21(18)30/h2-5,7-10,12-13,15H,6,11,14,16-17H2,1H3,(H,31,35)(H,32,36). The van der Waals surface area contributed by atoms with Crippen LogP contribution in [0.5, 0.6) is 5.75 Å². The number of nitrogens with one attached hydrogen (secondary N) is 2. The molecule has 0 aliphatic heterocycles. The molecule has 0 radical (unpaired) electrons. The summed E-state index contributed by atoms with van der Waals surface area (Å²) in [5.74, 6) is -0.339. The summed E-state index contributed by atoms with van der Waals surface area (Å²) in [4.78, 5) is 51.8. The van der Waals surface area contributed by atoms with E-state index in [0.29, 0.717) is 27.0 Å². The SMILES string of the molecule is COc1ccc(Cl)cc1NC(=O)Cn1c(=O)n(CCCC(=O)NCc2ccccc2Cl)c(=O)c2ccccc21. The zero-order valence-electron chi connectivity index (χ0n) is 21.1. The van der Waals surface area contributed by atoms with Crippen LogP contribution in [0.15, 0.2) is 76.3 Å². The van der Waals surface area contributed by atoms with E-state index in [0.717, 1.165) is 10.1 Å². The van der Waals surface area contributed by atoms with Crippen molar-refractivity contribution in [2.45, 2.75) is 32.5 Å². The fourth-order valence-electron chi connectivity index (χ4n) is 4.15. The number of fused-ring (bicyclic) bond motifs is 1. The van der Waals surface area contributed by atoms with Crippen molar-refractivity contribution in [3.05, 3.63) is 103 Å². The number of benzene rings is 3. The van der Waals surface area contributed by atoms with Gasteiger partial charge in [-0.2, -0.15) is 0 Å². The van der Waals surface area contributed by atoms with Crippen LogP contribution < -0.4 is 26.6 Å². The van der Waals surface area contributed by atoms with Gasteiger partial charge in [-0.25, -0.2) is 4.79 Å². The Morgan fingerprint density at radius 2 is 1.67 bits per heavy atom. The van der Waals surface area contributed by atoms with Crippen LogP contribution in [-0.4, -0.2) is 28.1 Å². The molecule has 0 bridgehead atoms. The van der Waals surface area contributed by atoms with Crippen molar-refractivity contribution in [3.8, 4) is 5.75 Å². The van der Waals surface area contributed by atoms with Crippen molar-refractivity contribution >= 4 is 51.6 Å². The van der Waals surface area contributed by atoms with Crippen LogP contribution in [0.1, 0.15) is 18.4 Å². The first-order valence-electron chi connectivity index (χ1n) is 12.1. The van der Waals surface area contributed by atoms with Crippen molar-refractivity contribution < 1.29 is 14.3 Å². The largest absolute Gasteiger partial charge is 0.495 e. The second kappa shape index (κ2) is 12.6. The molecule has 1 heterocycles. The fourth-order valence-corrected chi connectivity index (χ4v) is 4.53. The zero-order valence-corrected chi connectivity index (χ0v) is 22.6. The summed E-state index contributed by atoms with van der Waals surface area (Å²) in [6.45, 7) is -0.0763. The second-order valence-electron chi connectivity index (χ2n) is 8.71. The van der Waals surface area contributed by atoms with Gasteiger partial charge in [-0.3, -0.25) is 23.5 Å². The number of nitrogens with zero attached hydrogens (tertiary/aromatic N) is 2. The van der Waals surface area contributed by atoms with Crippen LogP contribution in [0.3, 0.4) is 0 Å². The van der Waals surface area contributed by atoms with Gasteiger partial charge in [0.25, 0.3) is 5.56 Å². The molecule has 0 aliphatic carbocycles. The van der Waals surface area contributed by atoms with Gasteiger partial charge in [-0.1, -0.05) is 53.5 Å². The molecular formula is C28H26Cl2N4O5. The first kappa shape index (κ1) is 27.9. The maximum Gasteiger partial charge on any atom is 0.331 e. The number of carbonyl (C=O) groups excluding carboxylic acids is 2. The monoisotopic (exact) mass is 568 g/mol. The van der Waals surface area contributed by atoms with Gasteiger partial charge in [-0.15, -0.1) is 0 Å².